The van der Waals surface area contributed by atoms with Crippen molar-refractivity contribution >= 4 is 7.85 Å². The van der Waals surface area contributed by atoms with E-state index in [4.69, 9.17) is 14.2 Å². The summed E-state index contributed by atoms with van der Waals surface area (Å²) in [6.45, 7) is 0.822. The van der Waals surface area contributed by atoms with Crippen LogP contribution < -0.4 is 0 Å². The lowest BCUT2D eigenvalue weighted by atomic mass is 9.78. The number of fused-ring (bicyclic) bond motifs is 1. The largest absolute Gasteiger partial charge is 0.373 e. The molecule has 2 saturated heterocycles. The van der Waals surface area contributed by atoms with E-state index in [1.54, 1.807) is 0 Å². The second kappa shape index (κ2) is 5.00. The molecule has 1 unspecified atom stereocenters. The standard InChI is InChI=1S/C13H16BFO3/c14-9-6-16-10-7-17-13(18-12(10)11(9)15)8-4-2-1-3-5-8/h1-5,9-13H,6-7,14H2/t9-,10-,11-,12?,13-/m1/s1. The van der Waals surface area contributed by atoms with Gasteiger partial charge in [-0.25, -0.2) is 4.39 Å². The molecule has 2 aliphatic rings. The van der Waals surface area contributed by atoms with Gasteiger partial charge in [-0.1, -0.05) is 30.3 Å². The molecule has 5 heteroatoms. The van der Waals surface area contributed by atoms with Crippen LogP contribution in [0.15, 0.2) is 30.3 Å². The zero-order chi connectivity index (χ0) is 12.5. The third-order valence-corrected chi connectivity index (χ3v) is 3.56. The van der Waals surface area contributed by atoms with Crippen LogP contribution in [0.3, 0.4) is 0 Å². The maximum Gasteiger partial charge on any atom is 0.184 e. The summed E-state index contributed by atoms with van der Waals surface area (Å²) in [5.41, 5.74) is 0.918. The molecule has 0 amide bonds. The normalized spacial score (nSPS) is 40.2. The lowest BCUT2D eigenvalue weighted by Gasteiger charge is -2.43. The average molecular weight is 250 g/mol. The van der Waals surface area contributed by atoms with Crippen LogP contribution in [0.1, 0.15) is 11.9 Å². The first-order chi connectivity index (χ1) is 8.75. The molecule has 2 heterocycles. The molecule has 96 valence electrons. The van der Waals surface area contributed by atoms with Crippen molar-refractivity contribution in [1.82, 2.24) is 0 Å². The molecule has 5 atom stereocenters. The molecular weight excluding hydrogens is 234 g/mol. The molecule has 0 N–H and O–H groups in total. The first-order valence-electron chi connectivity index (χ1n) is 6.33. The Bertz CT molecular complexity index is 400. The minimum atomic E-state index is -0.987. The number of rotatable bonds is 1. The fourth-order valence-electron chi connectivity index (χ4n) is 2.45. The van der Waals surface area contributed by atoms with Gasteiger partial charge in [-0.3, -0.25) is 0 Å². The number of hydrogen-bond acceptors (Lipinski definition) is 3. The highest BCUT2D eigenvalue weighted by Gasteiger charge is 2.44. The van der Waals surface area contributed by atoms with Crippen LogP contribution in [0.25, 0.3) is 0 Å². The number of halogens is 1. The van der Waals surface area contributed by atoms with Crippen molar-refractivity contribution in [1.29, 1.82) is 0 Å². The lowest BCUT2D eigenvalue weighted by molar-refractivity contribution is -0.291. The van der Waals surface area contributed by atoms with Gasteiger partial charge in [0.1, 0.15) is 26.2 Å². The molecule has 0 aliphatic carbocycles. The van der Waals surface area contributed by atoms with Gasteiger partial charge in [0.25, 0.3) is 0 Å². The van der Waals surface area contributed by atoms with Gasteiger partial charge in [0.15, 0.2) is 6.29 Å². The Morgan fingerprint density at radius 2 is 1.89 bits per heavy atom. The molecule has 2 fully saturated rings. The van der Waals surface area contributed by atoms with E-state index >= 15 is 0 Å². The Balaban J connectivity index is 1.75. The first-order valence-corrected chi connectivity index (χ1v) is 6.33. The summed E-state index contributed by atoms with van der Waals surface area (Å²) in [6, 6.07) is 9.61. The van der Waals surface area contributed by atoms with Gasteiger partial charge in [-0.2, -0.15) is 0 Å². The third-order valence-electron chi connectivity index (χ3n) is 3.56. The summed E-state index contributed by atoms with van der Waals surface area (Å²) in [5.74, 6) is -0.124. The second-order valence-corrected chi connectivity index (χ2v) is 4.97. The maximum absolute atomic E-state index is 14.1. The third kappa shape index (κ3) is 2.18. The Morgan fingerprint density at radius 1 is 1.11 bits per heavy atom. The summed E-state index contributed by atoms with van der Waals surface area (Å²) >= 11 is 0. The fourth-order valence-corrected chi connectivity index (χ4v) is 2.45. The van der Waals surface area contributed by atoms with Gasteiger partial charge < -0.3 is 14.2 Å². The molecule has 3 rings (SSSR count). The number of hydrogen-bond donors (Lipinski definition) is 0. The highest BCUT2D eigenvalue weighted by molar-refractivity contribution is 6.12. The van der Waals surface area contributed by atoms with Crippen LogP contribution in [-0.2, 0) is 14.2 Å². The van der Waals surface area contributed by atoms with E-state index in [1.807, 2.05) is 38.2 Å². The molecule has 0 spiro atoms. The minimum absolute atomic E-state index is 0.124. The molecular formula is C13H16BFO3. The van der Waals surface area contributed by atoms with Gasteiger partial charge in [0.2, 0.25) is 0 Å². The lowest BCUT2D eigenvalue weighted by Crippen LogP contribution is -2.53. The summed E-state index contributed by atoms with van der Waals surface area (Å²) in [6.07, 6.45) is -2.28. The monoisotopic (exact) mass is 250 g/mol. The van der Waals surface area contributed by atoms with Crippen molar-refractivity contribution in [3.63, 3.8) is 0 Å². The number of ether oxygens (including phenoxy) is 3. The number of alkyl halides is 1. The van der Waals surface area contributed by atoms with E-state index < -0.39 is 18.6 Å². The van der Waals surface area contributed by atoms with E-state index in [0.717, 1.165) is 5.56 Å². The summed E-state index contributed by atoms with van der Waals surface area (Å²) in [4.78, 5) is 0. The topological polar surface area (TPSA) is 27.7 Å². The molecule has 3 nitrogen and oxygen atoms in total. The van der Waals surface area contributed by atoms with Crippen LogP contribution in [-0.4, -0.2) is 39.4 Å². The highest BCUT2D eigenvalue weighted by atomic mass is 19.1. The van der Waals surface area contributed by atoms with Crippen molar-refractivity contribution in [3.05, 3.63) is 35.9 Å². The van der Waals surface area contributed by atoms with Crippen molar-refractivity contribution in [3.8, 4) is 0 Å². The predicted molar refractivity (Wildman–Crippen MR) is 66.9 cm³/mol. The SMILES string of the molecule is B[C@@H]1CO[C@@H]2CO[C@@H](c3ccccc3)OC2[C@@H]1F. The fraction of sp³-hybridized carbons (Fsp3) is 0.538. The van der Waals surface area contributed by atoms with E-state index in [2.05, 4.69) is 0 Å². The number of benzene rings is 1. The average Bonchev–Trinajstić information content (AvgIpc) is 2.44. The molecule has 0 radical (unpaired) electrons. The smallest absolute Gasteiger partial charge is 0.184 e. The first kappa shape index (κ1) is 12.1. The molecule has 2 aliphatic heterocycles. The zero-order valence-corrected chi connectivity index (χ0v) is 10.3. The van der Waals surface area contributed by atoms with Gasteiger partial charge >= 0.3 is 0 Å². The van der Waals surface area contributed by atoms with Crippen molar-refractivity contribution in [2.75, 3.05) is 13.2 Å². The summed E-state index contributed by atoms with van der Waals surface area (Å²) in [5, 5.41) is 0. The van der Waals surface area contributed by atoms with Gasteiger partial charge in [0, 0.05) is 12.2 Å². The van der Waals surface area contributed by atoms with E-state index in [-0.39, 0.29) is 11.9 Å². The maximum atomic E-state index is 14.1. The van der Waals surface area contributed by atoms with Gasteiger partial charge in [-0.05, 0) is 5.82 Å². The van der Waals surface area contributed by atoms with Crippen molar-refractivity contribution < 1.29 is 18.6 Å². The van der Waals surface area contributed by atoms with E-state index in [0.29, 0.717) is 13.2 Å². The molecule has 0 aromatic heterocycles. The Labute approximate surface area is 107 Å². The minimum Gasteiger partial charge on any atom is -0.373 e. The molecule has 1 aromatic rings. The second-order valence-electron chi connectivity index (χ2n) is 4.97. The molecule has 18 heavy (non-hydrogen) atoms. The molecule has 0 saturated carbocycles. The van der Waals surface area contributed by atoms with Crippen molar-refractivity contribution in [2.24, 2.45) is 0 Å². The van der Waals surface area contributed by atoms with Crippen LogP contribution >= 0.6 is 0 Å². The van der Waals surface area contributed by atoms with E-state index in [1.165, 1.54) is 0 Å². The van der Waals surface area contributed by atoms with E-state index in [9.17, 15) is 4.39 Å². The molecule has 0 bridgehead atoms. The van der Waals surface area contributed by atoms with Crippen molar-refractivity contribution in [2.45, 2.75) is 30.5 Å². The molecule has 1 aromatic carbocycles. The summed E-state index contributed by atoms with van der Waals surface area (Å²) < 4.78 is 31.0. The Kier molecular flexibility index (Phi) is 3.37. The predicted octanol–water partition coefficient (Wildman–Crippen LogP) is 1.26. The zero-order valence-electron chi connectivity index (χ0n) is 10.3. The Hall–Kier alpha value is -0.905. The van der Waals surface area contributed by atoms with Crippen LogP contribution in [0.5, 0.6) is 0 Å². The quantitative estimate of drug-likeness (QED) is 0.702. The Morgan fingerprint density at radius 3 is 2.67 bits per heavy atom. The van der Waals surface area contributed by atoms with Crippen LogP contribution in [0, 0.1) is 0 Å². The highest BCUT2D eigenvalue weighted by Crippen LogP contribution is 2.35. The van der Waals surface area contributed by atoms with Crippen LogP contribution in [0.4, 0.5) is 4.39 Å². The van der Waals surface area contributed by atoms with Gasteiger partial charge in [-0.15, -0.1) is 0 Å². The van der Waals surface area contributed by atoms with Gasteiger partial charge in [0.05, 0.1) is 6.61 Å². The summed E-state index contributed by atoms with van der Waals surface area (Å²) in [7, 11) is 1.84. The van der Waals surface area contributed by atoms with Crippen LogP contribution in [0.2, 0.25) is 5.82 Å².